The maximum Gasteiger partial charge on any atom is 0.144 e. The van der Waals surface area contributed by atoms with Gasteiger partial charge in [0.1, 0.15) is 11.9 Å². The normalized spacial score (nSPS) is 13.1. The van der Waals surface area contributed by atoms with Crippen LogP contribution < -0.4 is 5.32 Å². The summed E-state index contributed by atoms with van der Waals surface area (Å²) in [5.74, 6) is 0.731. The number of hydrogen-bond acceptors (Lipinski definition) is 4. The van der Waals surface area contributed by atoms with Gasteiger partial charge in [-0.25, -0.2) is 4.98 Å². The summed E-state index contributed by atoms with van der Waals surface area (Å²) in [4.78, 5) is 7.19. The third-order valence-corrected chi connectivity index (χ3v) is 4.40. The molecule has 1 N–H and O–H groups in total. The Labute approximate surface area is 116 Å². The van der Waals surface area contributed by atoms with E-state index in [1.807, 2.05) is 6.07 Å². The zero-order valence-electron chi connectivity index (χ0n) is 10.9. The average Bonchev–Trinajstić information content (AvgIpc) is 3.03. The first-order valence-corrected chi connectivity index (χ1v) is 7.30. The van der Waals surface area contributed by atoms with Gasteiger partial charge in [-0.3, -0.25) is 0 Å². The van der Waals surface area contributed by atoms with Gasteiger partial charge >= 0.3 is 0 Å². The molecule has 19 heavy (non-hydrogen) atoms. The Morgan fingerprint density at radius 2 is 2.32 bits per heavy atom. The second-order valence-electron chi connectivity index (χ2n) is 4.82. The molecular weight excluding hydrogens is 254 g/mol. The summed E-state index contributed by atoms with van der Waals surface area (Å²) in [6.07, 6.45) is 3.25. The summed E-state index contributed by atoms with van der Waals surface area (Å²) in [5.41, 5.74) is 3.06. The SMILES string of the molecule is Cc1ccc(CNc2nc3c(cc2C#N)CCC3)s1. The second kappa shape index (κ2) is 5.02. The molecule has 3 rings (SSSR count). The van der Waals surface area contributed by atoms with Gasteiger partial charge in [0.15, 0.2) is 0 Å². The quantitative estimate of drug-likeness (QED) is 0.928. The number of thiophene rings is 1. The van der Waals surface area contributed by atoms with Crippen molar-refractivity contribution < 1.29 is 0 Å². The Morgan fingerprint density at radius 1 is 1.42 bits per heavy atom. The summed E-state index contributed by atoms with van der Waals surface area (Å²) in [5, 5.41) is 12.5. The summed E-state index contributed by atoms with van der Waals surface area (Å²) in [6, 6.07) is 8.47. The summed E-state index contributed by atoms with van der Waals surface area (Å²) in [6.45, 7) is 2.83. The van der Waals surface area contributed by atoms with Gasteiger partial charge in [0.05, 0.1) is 12.1 Å². The standard InChI is InChI=1S/C15H15N3S/c1-10-5-6-13(19-10)9-17-15-12(8-16)7-11-3-2-4-14(11)18-15/h5-7H,2-4,9H2,1H3,(H,17,18). The van der Waals surface area contributed by atoms with Gasteiger partial charge in [-0.05, 0) is 49.9 Å². The Balaban J connectivity index is 1.82. The van der Waals surface area contributed by atoms with E-state index >= 15 is 0 Å². The molecule has 2 aromatic heterocycles. The van der Waals surface area contributed by atoms with E-state index in [0.717, 1.165) is 37.3 Å². The maximum absolute atomic E-state index is 9.22. The zero-order chi connectivity index (χ0) is 13.2. The average molecular weight is 269 g/mol. The van der Waals surface area contributed by atoms with E-state index in [1.54, 1.807) is 11.3 Å². The van der Waals surface area contributed by atoms with Crippen molar-refractivity contribution in [3.05, 3.63) is 44.8 Å². The van der Waals surface area contributed by atoms with Crippen LogP contribution in [-0.4, -0.2) is 4.98 Å². The van der Waals surface area contributed by atoms with E-state index in [2.05, 4.69) is 35.4 Å². The highest BCUT2D eigenvalue weighted by atomic mass is 32.1. The van der Waals surface area contributed by atoms with E-state index in [4.69, 9.17) is 0 Å². The van der Waals surface area contributed by atoms with Crippen LogP contribution >= 0.6 is 11.3 Å². The lowest BCUT2D eigenvalue weighted by Gasteiger charge is -2.08. The molecule has 4 heteroatoms. The van der Waals surface area contributed by atoms with Crippen molar-refractivity contribution in [3.63, 3.8) is 0 Å². The molecule has 0 fully saturated rings. The Kier molecular flexibility index (Phi) is 3.22. The molecule has 1 aliphatic carbocycles. The fraction of sp³-hybridized carbons (Fsp3) is 0.333. The highest BCUT2D eigenvalue weighted by Crippen LogP contribution is 2.25. The van der Waals surface area contributed by atoms with E-state index in [1.165, 1.54) is 15.3 Å². The molecule has 0 saturated heterocycles. The predicted octanol–water partition coefficient (Wildman–Crippen LogP) is 3.42. The van der Waals surface area contributed by atoms with Crippen LogP contribution in [0, 0.1) is 18.3 Å². The van der Waals surface area contributed by atoms with E-state index in [0.29, 0.717) is 5.56 Å². The number of nitrogens with one attached hydrogen (secondary N) is 1. The van der Waals surface area contributed by atoms with Gasteiger partial charge in [-0.15, -0.1) is 11.3 Å². The highest BCUT2D eigenvalue weighted by molar-refractivity contribution is 7.11. The zero-order valence-corrected chi connectivity index (χ0v) is 11.7. The number of aromatic nitrogens is 1. The van der Waals surface area contributed by atoms with Crippen LogP contribution in [0.4, 0.5) is 5.82 Å². The summed E-state index contributed by atoms with van der Waals surface area (Å²) >= 11 is 1.77. The second-order valence-corrected chi connectivity index (χ2v) is 6.19. The van der Waals surface area contributed by atoms with Crippen molar-refractivity contribution in [1.29, 1.82) is 5.26 Å². The van der Waals surface area contributed by atoms with E-state index < -0.39 is 0 Å². The minimum absolute atomic E-state index is 0.661. The van der Waals surface area contributed by atoms with Crippen LogP contribution in [-0.2, 0) is 19.4 Å². The minimum atomic E-state index is 0.661. The lowest BCUT2D eigenvalue weighted by Crippen LogP contribution is -2.04. The van der Waals surface area contributed by atoms with E-state index in [9.17, 15) is 5.26 Å². The lowest BCUT2D eigenvalue weighted by molar-refractivity contribution is 0.899. The van der Waals surface area contributed by atoms with Gasteiger partial charge in [0.2, 0.25) is 0 Å². The largest absolute Gasteiger partial charge is 0.364 e. The fourth-order valence-electron chi connectivity index (χ4n) is 2.44. The van der Waals surface area contributed by atoms with Crippen LogP contribution in [0.15, 0.2) is 18.2 Å². The number of hydrogen-bond donors (Lipinski definition) is 1. The third kappa shape index (κ3) is 2.47. The van der Waals surface area contributed by atoms with Crippen molar-refractivity contribution in [3.8, 4) is 6.07 Å². The summed E-state index contributed by atoms with van der Waals surface area (Å²) < 4.78 is 0. The third-order valence-electron chi connectivity index (χ3n) is 3.40. The number of fused-ring (bicyclic) bond motifs is 1. The molecule has 0 bridgehead atoms. The first-order chi connectivity index (χ1) is 9.26. The molecule has 2 heterocycles. The highest BCUT2D eigenvalue weighted by Gasteiger charge is 2.16. The Bertz CT molecular complexity index is 652. The van der Waals surface area contributed by atoms with Crippen LogP contribution in [0.25, 0.3) is 0 Å². The van der Waals surface area contributed by atoms with Crippen molar-refractivity contribution in [2.24, 2.45) is 0 Å². The molecule has 0 spiro atoms. The van der Waals surface area contributed by atoms with Crippen LogP contribution in [0.5, 0.6) is 0 Å². The number of aryl methyl sites for hydroxylation is 3. The molecule has 2 aromatic rings. The molecule has 0 aliphatic heterocycles. The molecule has 1 aliphatic rings. The summed E-state index contributed by atoms with van der Waals surface area (Å²) in [7, 11) is 0. The first kappa shape index (κ1) is 12.2. The van der Waals surface area contributed by atoms with Crippen molar-refractivity contribution in [2.75, 3.05) is 5.32 Å². The molecule has 0 aromatic carbocycles. The van der Waals surface area contributed by atoms with Crippen LogP contribution in [0.3, 0.4) is 0 Å². The van der Waals surface area contributed by atoms with Crippen molar-refractivity contribution in [2.45, 2.75) is 32.7 Å². The first-order valence-electron chi connectivity index (χ1n) is 6.48. The van der Waals surface area contributed by atoms with Gasteiger partial charge in [-0.2, -0.15) is 5.26 Å². The van der Waals surface area contributed by atoms with Crippen LogP contribution in [0.1, 0.15) is 33.0 Å². The number of nitrogens with zero attached hydrogens (tertiary/aromatic N) is 2. The smallest absolute Gasteiger partial charge is 0.144 e. The fourth-order valence-corrected chi connectivity index (χ4v) is 3.27. The monoisotopic (exact) mass is 269 g/mol. The van der Waals surface area contributed by atoms with Gasteiger partial charge in [0.25, 0.3) is 0 Å². The molecule has 0 atom stereocenters. The van der Waals surface area contributed by atoms with Crippen molar-refractivity contribution in [1.82, 2.24) is 4.98 Å². The predicted molar refractivity (Wildman–Crippen MR) is 77.4 cm³/mol. The lowest BCUT2D eigenvalue weighted by atomic mass is 10.1. The Morgan fingerprint density at radius 3 is 3.05 bits per heavy atom. The molecule has 0 radical (unpaired) electrons. The van der Waals surface area contributed by atoms with Crippen LogP contribution in [0.2, 0.25) is 0 Å². The number of anilines is 1. The molecule has 3 nitrogen and oxygen atoms in total. The topological polar surface area (TPSA) is 48.7 Å². The number of nitriles is 1. The number of pyridine rings is 1. The van der Waals surface area contributed by atoms with Gasteiger partial charge in [-0.1, -0.05) is 0 Å². The van der Waals surface area contributed by atoms with Gasteiger partial charge in [0, 0.05) is 15.4 Å². The molecule has 96 valence electrons. The Hall–Kier alpha value is -1.86. The van der Waals surface area contributed by atoms with Gasteiger partial charge < -0.3 is 5.32 Å². The molecular formula is C15H15N3S. The molecule has 0 unspecified atom stereocenters. The minimum Gasteiger partial charge on any atom is -0.364 e. The van der Waals surface area contributed by atoms with Crippen molar-refractivity contribution >= 4 is 17.2 Å². The maximum atomic E-state index is 9.22. The number of rotatable bonds is 3. The molecule has 0 amide bonds. The molecule has 0 saturated carbocycles. The van der Waals surface area contributed by atoms with E-state index in [-0.39, 0.29) is 0 Å².